The van der Waals surface area contributed by atoms with Crippen molar-refractivity contribution in [3.05, 3.63) is 23.7 Å². The van der Waals surface area contributed by atoms with Gasteiger partial charge in [0, 0.05) is 24.7 Å². The number of hydrogen-bond acceptors (Lipinski definition) is 9. The van der Waals surface area contributed by atoms with Crippen LogP contribution >= 0.6 is 11.3 Å². The molecule has 0 aliphatic carbocycles. The Morgan fingerprint density at radius 1 is 1.24 bits per heavy atom. The standard InChI is InChI=1S/C21H25N5O5S2/c1-21(2,3)31-20(27)26-12-4-5-13(26)11-25(10-12)19-24-16-9-14(33(22,28)29)8-15(17(16)30-19)18-23-6-7-32-18/h6-9,12-13H,4-5,10-11H2,1-3H3,(H2,22,28,29). The van der Waals surface area contributed by atoms with E-state index in [1.165, 1.54) is 23.5 Å². The number of hydrogen-bond donors (Lipinski definition) is 1. The van der Waals surface area contributed by atoms with Gasteiger partial charge in [-0.05, 0) is 45.7 Å². The number of primary sulfonamides is 1. The molecule has 0 saturated carbocycles. The maximum absolute atomic E-state index is 12.7. The lowest BCUT2D eigenvalue weighted by Gasteiger charge is -2.40. The van der Waals surface area contributed by atoms with Crippen LogP contribution in [0.2, 0.25) is 0 Å². The number of benzene rings is 1. The fourth-order valence-corrected chi connectivity index (χ4v) is 5.69. The number of nitrogens with zero attached hydrogens (tertiary/aromatic N) is 4. The van der Waals surface area contributed by atoms with Gasteiger partial charge in [-0.2, -0.15) is 4.98 Å². The Morgan fingerprint density at radius 3 is 2.52 bits per heavy atom. The van der Waals surface area contributed by atoms with Crippen molar-refractivity contribution in [3.8, 4) is 10.6 Å². The summed E-state index contributed by atoms with van der Waals surface area (Å²) in [4.78, 5) is 25.4. The van der Waals surface area contributed by atoms with Gasteiger partial charge in [-0.15, -0.1) is 11.3 Å². The summed E-state index contributed by atoms with van der Waals surface area (Å²) in [6.07, 6.45) is 3.10. The van der Waals surface area contributed by atoms with Gasteiger partial charge >= 0.3 is 6.09 Å². The Hall–Kier alpha value is -2.70. The molecule has 33 heavy (non-hydrogen) atoms. The van der Waals surface area contributed by atoms with Crippen LogP contribution in [-0.2, 0) is 14.8 Å². The Labute approximate surface area is 195 Å². The fraction of sp³-hybridized carbons (Fsp3) is 0.476. The molecule has 3 aromatic rings. The normalized spacial score (nSPS) is 21.1. The highest BCUT2D eigenvalue weighted by molar-refractivity contribution is 7.89. The number of amides is 1. The molecule has 10 nitrogen and oxygen atoms in total. The van der Waals surface area contributed by atoms with E-state index >= 15 is 0 Å². The number of carbonyl (C=O) groups is 1. The number of ether oxygens (including phenoxy) is 1. The molecule has 2 atom stereocenters. The van der Waals surface area contributed by atoms with Crippen LogP contribution < -0.4 is 10.0 Å². The van der Waals surface area contributed by atoms with E-state index in [0.29, 0.717) is 40.8 Å². The molecule has 1 aromatic carbocycles. The van der Waals surface area contributed by atoms with Crippen LogP contribution in [0.3, 0.4) is 0 Å². The summed E-state index contributed by atoms with van der Waals surface area (Å²) in [6, 6.07) is 3.25. The number of sulfonamides is 1. The number of fused-ring (bicyclic) bond motifs is 3. The Kier molecular flexibility index (Phi) is 5.14. The first kappa shape index (κ1) is 22.1. The van der Waals surface area contributed by atoms with Gasteiger partial charge in [0.25, 0.3) is 6.01 Å². The van der Waals surface area contributed by atoms with E-state index in [4.69, 9.17) is 14.3 Å². The molecule has 2 aliphatic rings. The zero-order chi connectivity index (χ0) is 23.5. The van der Waals surface area contributed by atoms with Crippen molar-refractivity contribution in [1.82, 2.24) is 14.9 Å². The SMILES string of the molecule is CC(C)(C)OC(=O)N1C2CCC1CN(c1nc3cc(S(N)(=O)=O)cc(-c4nccs4)c3o1)C2. The van der Waals surface area contributed by atoms with Gasteiger partial charge in [0.2, 0.25) is 10.0 Å². The average molecular weight is 492 g/mol. The highest BCUT2D eigenvalue weighted by Crippen LogP contribution is 2.38. The molecule has 2 aromatic heterocycles. The quantitative estimate of drug-likeness (QED) is 0.591. The zero-order valence-electron chi connectivity index (χ0n) is 18.5. The molecule has 1 amide bonds. The second kappa shape index (κ2) is 7.67. The molecular weight excluding hydrogens is 466 g/mol. The van der Waals surface area contributed by atoms with Gasteiger partial charge in [0.15, 0.2) is 5.58 Å². The highest BCUT2D eigenvalue weighted by Gasteiger charge is 2.45. The maximum Gasteiger partial charge on any atom is 0.410 e. The number of rotatable bonds is 3. The summed E-state index contributed by atoms with van der Waals surface area (Å²) in [7, 11) is -3.94. The van der Waals surface area contributed by atoms with E-state index in [-0.39, 0.29) is 23.1 Å². The minimum atomic E-state index is -3.94. The van der Waals surface area contributed by atoms with E-state index in [0.717, 1.165) is 12.8 Å². The predicted molar refractivity (Wildman–Crippen MR) is 124 cm³/mol. The number of anilines is 1. The van der Waals surface area contributed by atoms with Gasteiger partial charge in [0.05, 0.1) is 22.5 Å². The summed E-state index contributed by atoms with van der Waals surface area (Å²) in [6.45, 7) is 6.68. The van der Waals surface area contributed by atoms with Crippen LogP contribution in [0.15, 0.2) is 33.0 Å². The third-order valence-electron chi connectivity index (χ3n) is 5.80. The van der Waals surface area contributed by atoms with Crippen molar-refractivity contribution < 1.29 is 22.4 Å². The third kappa shape index (κ3) is 4.18. The molecule has 2 bridgehead atoms. The van der Waals surface area contributed by atoms with Crippen LogP contribution in [-0.4, -0.2) is 60.2 Å². The fourth-order valence-electron chi connectivity index (χ4n) is 4.48. The average Bonchev–Trinajstić information content (AvgIpc) is 3.43. The maximum atomic E-state index is 12.7. The van der Waals surface area contributed by atoms with Crippen LogP contribution in [0, 0.1) is 0 Å². The minimum absolute atomic E-state index is 0.00738. The molecule has 2 aliphatic heterocycles. The number of oxazole rings is 1. The van der Waals surface area contributed by atoms with Gasteiger partial charge in [0.1, 0.15) is 16.1 Å². The molecule has 12 heteroatoms. The molecule has 0 spiro atoms. The van der Waals surface area contributed by atoms with E-state index < -0.39 is 15.6 Å². The lowest BCUT2D eigenvalue weighted by Crippen LogP contribution is -2.56. The predicted octanol–water partition coefficient (Wildman–Crippen LogP) is 3.19. The molecule has 4 heterocycles. The topological polar surface area (TPSA) is 132 Å². The van der Waals surface area contributed by atoms with Crippen molar-refractivity contribution in [3.63, 3.8) is 0 Å². The Balaban J connectivity index is 1.48. The number of aromatic nitrogens is 2. The third-order valence-corrected chi connectivity index (χ3v) is 7.50. The number of piperazine rings is 1. The molecular formula is C21H25N5O5S2. The summed E-state index contributed by atoms with van der Waals surface area (Å²) in [5.41, 5.74) is 0.819. The van der Waals surface area contributed by atoms with Crippen molar-refractivity contribution in [2.75, 3.05) is 18.0 Å². The summed E-state index contributed by atoms with van der Waals surface area (Å²) in [5, 5.41) is 7.80. The first-order valence-corrected chi connectivity index (χ1v) is 13.1. The van der Waals surface area contributed by atoms with E-state index in [1.807, 2.05) is 30.6 Å². The van der Waals surface area contributed by atoms with E-state index in [2.05, 4.69) is 9.97 Å². The smallest absolute Gasteiger partial charge is 0.410 e. The zero-order valence-corrected chi connectivity index (χ0v) is 20.1. The largest absolute Gasteiger partial charge is 0.444 e. The summed E-state index contributed by atoms with van der Waals surface area (Å²) in [5.74, 6) is 0. The van der Waals surface area contributed by atoms with Gasteiger partial charge < -0.3 is 14.1 Å². The molecule has 5 rings (SSSR count). The second-order valence-corrected chi connectivity index (χ2v) is 11.8. The first-order chi connectivity index (χ1) is 15.5. The molecule has 2 N–H and O–H groups in total. The monoisotopic (exact) mass is 491 g/mol. The van der Waals surface area contributed by atoms with Gasteiger partial charge in [-0.3, -0.25) is 4.90 Å². The first-order valence-electron chi connectivity index (χ1n) is 10.6. The molecule has 2 unspecified atom stereocenters. The highest BCUT2D eigenvalue weighted by atomic mass is 32.2. The Bertz CT molecular complexity index is 1300. The van der Waals surface area contributed by atoms with Crippen LogP contribution in [0.5, 0.6) is 0 Å². The number of nitrogens with two attached hydrogens (primary N) is 1. The second-order valence-electron chi connectivity index (χ2n) is 9.38. The van der Waals surface area contributed by atoms with Gasteiger partial charge in [-0.25, -0.2) is 23.3 Å². The minimum Gasteiger partial charge on any atom is -0.444 e. The Morgan fingerprint density at radius 2 is 1.94 bits per heavy atom. The van der Waals surface area contributed by atoms with E-state index in [1.54, 1.807) is 11.6 Å². The lowest BCUT2D eigenvalue weighted by atomic mass is 10.2. The number of thiazole rings is 1. The van der Waals surface area contributed by atoms with Crippen LogP contribution in [0.25, 0.3) is 21.7 Å². The number of carbonyl (C=O) groups excluding carboxylic acids is 1. The lowest BCUT2D eigenvalue weighted by molar-refractivity contribution is 0.0120. The van der Waals surface area contributed by atoms with Crippen LogP contribution in [0.1, 0.15) is 33.6 Å². The van der Waals surface area contributed by atoms with Crippen molar-refractivity contribution in [2.45, 2.75) is 56.2 Å². The van der Waals surface area contributed by atoms with Gasteiger partial charge in [-0.1, -0.05) is 0 Å². The molecule has 2 fully saturated rings. The summed E-state index contributed by atoms with van der Waals surface area (Å²) >= 11 is 1.37. The molecule has 0 radical (unpaired) electrons. The van der Waals surface area contributed by atoms with Crippen LogP contribution in [0.4, 0.5) is 10.8 Å². The molecule has 2 saturated heterocycles. The summed E-state index contributed by atoms with van der Waals surface area (Å²) < 4.78 is 35.8. The van der Waals surface area contributed by atoms with Crippen molar-refractivity contribution in [2.24, 2.45) is 5.14 Å². The molecule has 176 valence electrons. The van der Waals surface area contributed by atoms with Crippen molar-refractivity contribution >= 4 is 44.6 Å². The van der Waals surface area contributed by atoms with E-state index in [9.17, 15) is 13.2 Å². The van der Waals surface area contributed by atoms with Crippen molar-refractivity contribution in [1.29, 1.82) is 0 Å².